The molecule has 82 valence electrons. The van der Waals surface area contributed by atoms with Crippen LogP contribution in [0.2, 0.25) is 0 Å². The second-order valence-corrected chi connectivity index (χ2v) is 5.67. The highest BCUT2D eigenvalue weighted by Crippen LogP contribution is 2.48. The van der Waals surface area contributed by atoms with E-state index in [0.29, 0.717) is 0 Å². The van der Waals surface area contributed by atoms with E-state index in [1.807, 2.05) is 6.20 Å². The lowest BCUT2D eigenvalue weighted by Gasteiger charge is -2.22. The average Bonchev–Trinajstić information content (AvgIpc) is 2.89. The summed E-state index contributed by atoms with van der Waals surface area (Å²) in [6, 6.07) is 0. The molecular formula is C12H18N2S. The van der Waals surface area contributed by atoms with E-state index < -0.39 is 0 Å². The Labute approximate surface area is 95.7 Å². The normalized spacial score (nSPS) is 33.8. The Morgan fingerprint density at radius 2 is 2.33 bits per heavy atom. The maximum absolute atomic E-state index is 5.30. The molecule has 3 unspecified atom stereocenters. The standard InChI is InChI=1S/C12H18N2S/c1-8-6-13-12(15)14(8)7-11-5-9-2-3-10(11)4-9/h6,9-11H,2-5,7H2,1H3,(H,13,15). The molecule has 0 spiro atoms. The second kappa shape index (κ2) is 3.48. The molecule has 1 heterocycles. The molecule has 0 saturated heterocycles. The topological polar surface area (TPSA) is 20.7 Å². The number of aromatic nitrogens is 2. The van der Waals surface area contributed by atoms with Crippen LogP contribution in [-0.2, 0) is 6.54 Å². The number of hydrogen-bond acceptors (Lipinski definition) is 1. The molecule has 0 aliphatic heterocycles. The van der Waals surface area contributed by atoms with Crippen molar-refractivity contribution in [3.05, 3.63) is 16.7 Å². The van der Waals surface area contributed by atoms with Gasteiger partial charge in [-0.05, 0) is 56.2 Å². The van der Waals surface area contributed by atoms with Gasteiger partial charge in [-0.15, -0.1) is 0 Å². The summed E-state index contributed by atoms with van der Waals surface area (Å²) in [5.41, 5.74) is 1.28. The largest absolute Gasteiger partial charge is 0.337 e. The molecule has 3 heteroatoms. The summed E-state index contributed by atoms with van der Waals surface area (Å²) in [5.74, 6) is 2.92. The van der Waals surface area contributed by atoms with Gasteiger partial charge < -0.3 is 9.55 Å². The Morgan fingerprint density at radius 1 is 1.47 bits per heavy atom. The van der Waals surface area contributed by atoms with Crippen molar-refractivity contribution < 1.29 is 0 Å². The van der Waals surface area contributed by atoms with Crippen molar-refractivity contribution in [3.63, 3.8) is 0 Å². The third kappa shape index (κ3) is 1.57. The molecule has 0 radical (unpaired) electrons. The van der Waals surface area contributed by atoms with Gasteiger partial charge in [0.1, 0.15) is 0 Å². The lowest BCUT2D eigenvalue weighted by molar-refractivity contribution is 0.293. The molecule has 1 N–H and O–H groups in total. The zero-order valence-electron chi connectivity index (χ0n) is 9.20. The molecule has 0 aromatic carbocycles. The van der Waals surface area contributed by atoms with Crippen molar-refractivity contribution >= 4 is 12.2 Å². The molecule has 2 aliphatic rings. The number of aryl methyl sites for hydroxylation is 1. The van der Waals surface area contributed by atoms with E-state index in [-0.39, 0.29) is 0 Å². The van der Waals surface area contributed by atoms with Crippen LogP contribution in [-0.4, -0.2) is 9.55 Å². The first kappa shape index (κ1) is 9.64. The summed E-state index contributed by atoms with van der Waals surface area (Å²) in [5, 5.41) is 0. The minimum atomic E-state index is 0.893. The van der Waals surface area contributed by atoms with Crippen molar-refractivity contribution in [3.8, 4) is 0 Å². The molecule has 2 nitrogen and oxygen atoms in total. The van der Waals surface area contributed by atoms with Crippen molar-refractivity contribution in [1.82, 2.24) is 9.55 Å². The highest BCUT2D eigenvalue weighted by molar-refractivity contribution is 7.71. The fourth-order valence-corrected chi connectivity index (χ4v) is 3.82. The van der Waals surface area contributed by atoms with E-state index in [4.69, 9.17) is 12.2 Å². The zero-order chi connectivity index (χ0) is 10.4. The molecular weight excluding hydrogens is 204 g/mol. The van der Waals surface area contributed by atoms with E-state index >= 15 is 0 Å². The molecule has 1 aromatic rings. The minimum Gasteiger partial charge on any atom is -0.337 e. The van der Waals surface area contributed by atoms with Crippen LogP contribution in [0.15, 0.2) is 6.20 Å². The first-order valence-corrected chi connectivity index (χ1v) is 6.39. The van der Waals surface area contributed by atoms with Gasteiger partial charge in [-0.2, -0.15) is 0 Å². The molecule has 2 aliphatic carbocycles. The minimum absolute atomic E-state index is 0.893. The van der Waals surface area contributed by atoms with Crippen LogP contribution < -0.4 is 0 Å². The van der Waals surface area contributed by atoms with Gasteiger partial charge in [0.2, 0.25) is 0 Å². The van der Waals surface area contributed by atoms with Crippen molar-refractivity contribution in [2.24, 2.45) is 17.8 Å². The van der Waals surface area contributed by atoms with Crippen molar-refractivity contribution in [2.75, 3.05) is 0 Å². The van der Waals surface area contributed by atoms with Crippen LogP contribution in [0, 0.1) is 29.4 Å². The lowest BCUT2D eigenvalue weighted by Crippen LogP contribution is -2.18. The van der Waals surface area contributed by atoms with E-state index in [1.165, 1.54) is 31.4 Å². The first-order chi connectivity index (χ1) is 7.24. The quantitative estimate of drug-likeness (QED) is 0.762. The third-order valence-corrected chi connectivity index (χ3v) is 4.72. The summed E-state index contributed by atoms with van der Waals surface area (Å²) in [6.07, 6.45) is 7.90. The van der Waals surface area contributed by atoms with Gasteiger partial charge >= 0.3 is 0 Å². The van der Waals surface area contributed by atoms with Crippen molar-refractivity contribution in [1.29, 1.82) is 0 Å². The molecule has 3 atom stereocenters. The Balaban J connectivity index is 1.79. The van der Waals surface area contributed by atoms with Gasteiger partial charge in [-0.3, -0.25) is 0 Å². The van der Waals surface area contributed by atoms with E-state index in [1.54, 1.807) is 0 Å². The van der Waals surface area contributed by atoms with Crippen LogP contribution in [0.1, 0.15) is 31.4 Å². The number of nitrogens with one attached hydrogen (secondary N) is 1. The molecule has 15 heavy (non-hydrogen) atoms. The van der Waals surface area contributed by atoms with Crippen LogP contribution in [0.5, 0.6) is 0 Å². The number of fused-ring (bicyclic) bond motifs is 2. The van der Waals surface area contributed by atoms with Gasteiger partial charge in [0.25, 0.3) is 0 Å². The highest BCUT2D eigenvalue weighted by atomic mass is 32.1. The maximum Gasteiger partial charge on any atom is 0.177 e. The first-order valence-electron chi connectivity index (χ1n) is 5.99. The highest BCUT2D eigenvalue weighted by Gasteiger charge is 2.39. The monoisotopic (exact) mass is 222 g/mol. The summed E-state index contributed by atoms with van der Waals surface area (Å²) < 4.78 is 3.18. The zero-order valence-corrected chi connectivity index (χ0v) is 10.0. The fraction of sp³-hybridized carbons (Fsp3) is 0.750. The van der Waals surface area contributed by atoms with E-state index in [0.717, 1.165) is 29.1 Å². The summed E-state index contributed by atoms with van der Waals surface area (Å²) in [7, 11) is 0. The summed E-state index contributed by atoms with van der Waals surface area (Å²) >= 11 is 5.30. The van der Waals surface area contributed by atoms with Gasteiger partial charge in [-0.25, -0.2) is 0 Å². The van der Waals surface area contributed by atoms with Crippen LogP contribution in [0.25, 0.3) is 0 Å². The number of imidazole rings is 1. The number of H-pyrrole nitrogens is 1. The van der Waals surface area contributed by atoms with E-state index in [2.05, 4.69) is 16.5 Å². The smallest absolute Gasteiger partial charge is 0.177 e. The SMILES string of the molecule is Cc1c[nH]c(=S)n1CC1CC2CCC1C2. The molecule has 1 aromatic heterocycles. The molecule has 2 bridgehead atoms. The van der Waals surface area contributed by atoms with Gasteiger partial charge in [0.15, 0.2) is 4.77 Å². The Hall–Kier alpha value is -0.570. The Kier molecular flexibility index (Phi) is 2.23. The number of rotatable bonds is 2. The molecule has 3 rings (SSSR count). The Bertz CT molecular complexity index is 418. The average molecular weight is 222 g/mol. The number of hydrogen-bond donors (Lipinski definition) is 1. The predicted octanol–water partition coefficient (Wildman–Crippen LogP) is 3.29. The van der Waals surface area contributed by atoms with Gasteiger partial charge in [-0.1, -0.05) is 6.42 Å². The third-order valence-electron chi connectivity index (χ3n) is 4.38. The summed E-state index contributed by atoms with van der Waals surface area (Å²) in [4.78, 5) is 3.13. The fourth-order valence-electron chi connectivity index (χ4n) is 3.54. The van der Waals surface area contributed by atoms with Crippen LogP contribution in [0.3, 0.4) is 0 Å². The van der Waals surface area contributed by atoms with Crippen molar-refractivity contribution in [2.45, 2.75) is 39.2 Å². The molecule has 0 amide bonds. The summed E-state index contributed by atoms with van der Waals surface area (Å²) in [6.45, 7) is 3.29. The molecule has 2 fully saturated rings. The number of aromatic amines is 1. The predicted molar refractivity (Wildman–Crippen MR) is 63.3 cm³/mol. The van der Waals surface area contributed by atoms with Crippen LogP contribution in [0.4, 0.5) is 0 Å². The second-order valence-electron chi connectivity index (χ2n) is 5.28. The van der Waals surface area contributed by atoms with E-state index in [9.17, 15) is 0 Å². The Morgan fingerprint density at radius 3 is 2.87 bits per heavy atom. The maximum atomic E-state index is 5.30. The van der Waals surface area contributed by atoms with Crippen LogP contribution >= 0.6 is 12.2 Å². The van der Waals surface area contributed by atoms with Gasteiger partial charge in [0, 0.05) is 18.4 Å². The number of nitrogens with zero attached hydrogens (tertiary/aromatic N) is 1. The lowest BCUT2D eigenvalue weighted by atomic mass is 9.89. The molecule has 2 saturated carbocycles. The van der Waals surface area contributed by atoms with Gasteiger partial charge in [0.05, 0.1) is 0 Å².